The summed E-state index contributed by atoms with van der Waals surface area (Å²) < 4.78 is 7.03. The second-order valence-electron chi connectivity index (χ2n) is 4.14. The van der Waals surface area contributed by atoms with E-state index >= 15 is 0 Å². The molecule has 0 aliphatic rings. The molecule has 0 aromatic carbocycles. The fraction of sp³-hybridized carbons (Fsp3) is 0.727. The van der Waals surface area contributed by atoms with E-state index in [-0.39, 0.29) is 6.04 Å². The van der Waals surface area contributed by atoms with E-state index in [2.05, 4.69) is 24.4 Å². The van der Waals surface area contributed by atoms with Gasteiger partial charge >= 0.3 is 0 Å². The lowest BCUT2D eigenvalue weighted by Crippen LogP contribution is -2.29. The molecule has 1 heterocycles. The topological polar surface area (TPSA) is 65.1 Å². The van der Waals surface area contributed by atoms with Crippen molar-refractivity contribution in [3.63, 3.8) is 0 Å². The Morgan fingerprint density at radius 1 is 1.62 bits per heavy atom. The van der Waals surface area contributed by atoms with E-state index in [1.165, 1.54) is 0 Å². The van der Waals surface area contributed by atoms with Gasteiger partial charge in [0.2, 0.25) is 0 Å². The van der Waals surface area contributed by atoms with Crippen LogP contribution in [0.15, 0.2) is 12.4 Å². The summed E-state index contributed by atoms with van der Waals surface area (Å²) in [7, 11) is 1.72. The molecule has 5 heteroatoms. The molecular weight excluding hydrogens is 204 g/mol. The minimum absolute atomic E-state index is 0.144. The normalized spacial score (nSPS) is 15.0. The van der Waals surface area contributed by atoms with Crippen LogP contribution in [-0.4, -0.2) is 23.5 Å². The first-order valence-electron chi connectivity index (χ1n) is 5.68. The van der Waals surface area contributed by atoms with Crippen LogP contribution in [0.2, 0.25) is 0 Å². The summed E-state index contributed by atoms with van der Waals surface area (Å²) in [5, 5.41) is 4.25. The van der Waals surface area contributed by atoms with Crippen molar-refractivity contribution >= 4 is 0 Å². The van der Waals surface area contributed by atoms with E-state index in [1.807, 2.05) is 17.1 Å². The molecule has 2 atom stereocenters. The summed E-state index contributed by atoms with van der Waals surface area (Å²) in [5.41, 5.74) is 3.97. The van der Waals surface area contributed by atoms with Crippen LogP contribution in [-0.2, 0) is 11.3 Å². The van der Waals surface area contributed by atoms with Gasteiger partial charge in [0.05, 0.1) is 6.20 Å². The molecular formula is C11H22N4O. The molecule has 0 saturated carbocycles. The number of hydrogen-bond donors (Lipinski definition) is 2. The van der Waals surface area contributed by atoms with E-state index in [1.54, 1.807) is 7.11 Å². The molecule has 2 unspecified atom stereocenters. The maximum atomic E-state index is 5.57. The molecule has 92 valence electrons. The third kappa shape index (κ3) is 3.59. The smallest absolute Gasteiger partial charge is 0.0538 e. The summed E-state index contributed by atoms with van der Waals surface area (Å²) in [4.78, 5) is 0. The van der Waals surface area contributed by atoms with Gasteiger partial charge in [0.15, 0.2) is 0 Å². The highest BCUT2D eigenvalue weighted by molar-refractivity contribution is 5.10. The zero-order valence-electron chi connectivity index (χ0n) is 10.3. The average molecular weight is 226 g/mol. The molecule has 0 fully saturated rings. The fourth-order valence-corrected chi connectivity index (χ4v) is 1.79. The maximum Gasteiger partial charge on any atom is 0.0538 e. The summed E-state index contributed by atoms with van der Waals surface area (Å²) >= 11 is 0. The Balaban J connectivity index is 2.59. The molecule has 0 radical (unpaired) electrons. The molecule has 0 aliphatic heterocycles. The Morgan fingerprint density at radius 2 is 2.38 bits per heavy atom. The van der Waals surface area contributed by atoms with E-state index in [0.29, 0.717) is 5.92 Å². The highest BCUT2D eigenvalue weighted by Gasteiger charge is 2.15. The summed E-state index contributed by atoms with van der Waals surface area (Å²) in [6.45, 7) is 5.85. The van der Waals surface area contributed by atoms with Crippen LogP contribution in [0.5, 0.6) is 0 Å². The third-order valence-electron chi connectivity index (χ3n) is 2.67. The number of nitrogens with one attached hydrogen (secondary N) is 1. The van der Waals surface area contributed by atoms with E-state index in [4.69, 9.17) is 10.6 Å². The van der Waals surface area contributed by atoms with Gasteiger partial charge in [-0.05, 0) is 19.3 Å². The highest BCUT2D eigenvalue weighted by Crippen LogP contribution is 2.20. The van der Waals surface area contributed by atoms with Gasteiger partial charge in [-0.25, -0.2) is 0 Å². The first kappa shape index (κ1) is 13.2. The lowest BCUT2D eigenvalue weighted by atomic mass is 9.99. The predicted octanol–water partition coefficient (Wildman–Crippen LogP) is 1.08. The number of methoxy groups -OCH3 is 1. The Kier molecular flexibility index (Phi) is 5.45. The van der Waals surface area contributed by atoms with Gasteiger partial charge in [-0.2, -0.15) is 5.10 Å². The van der Waals surface area contributed by atoms with E-state index in [9.17, 15) is 0 Å². The Morgan fingerprint density at radius 3 is 2.88 bits per heavy atom. The van der Waals surface area contributed by atoms with Crippen LogP contribution in [0.25, 0.3) is 0 Å². The summed E-state index contributed by atoms with van der Waals surface area (Å²) in [5.74, 6) is 6.04. The van der Waals surface area contributed by atoms with E-state index < -0.39 is 0 Å². The van der Waals surface area contributed by atoms with Gasteiger partial charge in [0, 0.05) is 38.1 Å². The second-order valence-corrected chi connectivity index (χ2v) is 4.14. The van der Waals surface area contributed by atoms with Crippen LogP contribution in [0.3, 0.4) is 0 Å². The SMILES string of the molecule is CCn1cc(C(CC(C)COC)NN)cn1. The molecule has 16 heavy (non-hydrogen) atoms. The quantitative estimate of drug-likeness (QED) is 0.539. The number of rotatable bonds is 7. The molecule has 1 aromatic rings. The molecule has 5 nitrogen and oxygen atoms in total. The third-order valence-corrected chi connectivity index (χ3v) is 2.67. The van der Waals surface area contributed by atoms with Gasteiger partial charge in [-0.3, -0.25) is 16.0 Å². The van der Waals surface area contributed by atoms with Crippen molar-refractivity contribution < 1.29 is 4.74 Å². The Labute approximate surface area is 96.9 Å². The number of nitrogens with two attached hydrogens (primary N) is 1. The van der Waals surface area contributed by atoms with Crippen LogP contribution < -0.4 is 11.3 Å². The fourth-order valence-electron chi connectivity index (χ4n) is 1.79. The van der Waals surface area contributed by atoms with Crippen LogP contribution in [0.1, 0.15) is 31.9 Å². The van der Waals surface area contributed by atoms with Crippen molar-refractivity contribution in [2.24, 2.45) is 11.8 Å². The van der Waals surface area contributed by atoms with Crippen molar-refractivity contribution in [3.8, 4) is 0 Å². The van der Waals surface area contributed by atoms with Gasteiger partial charge in [0.25, 0.3) is 0 Å². The number of nitrogens with zero attached hydrogens (tertiary/aromatic N) is 2. The van der Waals surface area contributed by atoms with Gasteiger partial charge in [-0.1, -0.05) is 6.92 Å². The number of aryl methyl sites for hydroxylation is 1. The predicted molar refractivity (Wildman–Crippen MR) is 63.6 cm³/mol. The standard InChI is InChI=1S/C11H22N4O/c1-4-15-7-10(6-13-15)11(14-12)5-9(2)8-16-3/h6-7,9,11,14H,4-5,8,12H2,1-3H3. The first-order valence-corrected chi connectivity index (χ1v) is 5.68. The van der Waals surface area contributed by atoms with Crippen molar-refractivity contribution in [2.45, 2.75) is 32.9 Å². The zero-order valence-corrected chi connectivity index (χ0v) is 10.3. The highest BCUT2D eigenvalue weighted by atomic mass is 16.5. The van der Waals surface area contributed by atoms with Crippen LogP contribution in [0.4, 0.5) is 0 Å². The molecule has 1 aromatic heterocycles. The monoisotopic (exact) mass is 226 g/mol. The number of ether oxygens (including phenoxy) is 1. The number of aromatic nitrogens is 2. The minimum Gasteiger partial charge on any atom is -0.384 e. The lowest BCUT2D eigenvalue weighted by Gasteiger charge is -2.18. The van der Waals surface area contributed by atoms with E-state index in [0.717, 1.165) is 25.1 Å². The van der Waals surface area contributed by atoms with Gasteiger partial charge in [-0.15, -0.1) is 0 Å². The largest absolute Gasteiger partial charge is 0.384 e. The first-order chi connectivity index (χ1) is 7.71. The maximum absolute atomic E-state index is 5.57. The summed E-state index contributed by atoms with van der Waals surface area (Å²) in [6.07, 6.45) is 4.84. The molecule has 0 bridgehead atoms. The second kappa shape index (κ2) is 6.62. The average Bonchev–Trinajstić information content (AvgIpc) is 2.74. The lowest BCUT2D eigenvalue weighted by molar-refractivity contribution is 0.149. The molecule has 0 aliphatic carbocycles. The molecule has 0 saturated heterocycles. The molecule has 3 N–H and O–H groups in total. The minimum atomic E-state index is 0.144. The van der Waals surface area contributed by atoms with Gasteiger partial charge in [0.1, 0.15) is 0 Å². The number of hydrazine groups is 1. The summed E-state index contributed by atoms with van der Waals surface area (Å²) in [6, 6.07) is 0.144. The van der Waals surface area contributed by atoms with Crippen LogP contribution >= 0.6 is 0 Å². The zero-order chi connectivity index (χ0) is 12.0. The van der Waals surface area contributed by atoms with Crippen molar-refractivity contribution in [3.05, 3.63) is 18.0 Å². The van der Waals surface area contributed by atoms with Crippen molar-refractivity contribution in [2.75, 3.05) is 13.7 Å². The Bertz CT molecular complexity index is 300. The molecule has 0 amide bonds. The number of hydrogen-bond acceptors (Lipinski definition) is 4. The Hall–Kier alpha value is -0.910. The van der Waals surface area contributed by atoms with Gasteiger partial charge < -0.3 is 4.74 Å². The van der Waals surface area contributed by atoms with Crippen molar-refractivity contribution in [1.82, 2.24) is 15.2 Å². The molecule has 0 spiro atoms. The molecule has 1 rings (SSSR count). The van der Waals surface area contributed by atoms with Crippen LogP contribution in [0, 0.1) is 5.92 Å². The van der Waals surface area contributed by atoms with Crippen molar-refractivity contribution in [1.29, 1.82) is 0 Å².